The average Bonchev–Trinajstić information content (AvgIpc) is 2.44. The molecule has 0 amide bonds. The molecule has 0 atom stereocenters. The van der Waals surface area contributed by atoms with Crippen LogP contribution >= 0.6 is 15.9 Å². The number of rotatable bonds is 8. The summed E-state index contributed by atoms with van der Waals surface area (Å²) in [5.41, 5.74) is 0. The van der Waals surface area contributed by atoms with Gasteiger partial charge in [-0.05, 0) is 43.5 Å². The topological polar surface area (TPSA) is 52.6 Å². The molecule has 0 saturated carbocycles. The Labute approximate surface area is 127 Å². The monoisotopic (exact) mass is 342 g/mol. The SMILES string of the molecule is CCCOC(=O)CCCCC(=O)Oc1ccc(Br)cc1. The summed E-state index contributed by atoms with van der Waals surface area (Å²) in [5.74, 6) is 0.0444. The standard InChI is InChI=1S/C15H19BrO4/c1-2-11-19-14(17)5-3-4-6-15(18)20-13-9-7-12(16)8-10-13/h7-10H,2-6,11H2,1H3. The molecule has 0 heterocycles. The summed E-state index contributed by atoms with van der Waals surface area (Å²) in [5, 5.41) is 0. The van der Waals surface area contributed by atoms with Crippen molar-refractivity contribution >= 4 is 27.9 Å². The van der Waals surface area contributed by atoms with Crippen molar-refractivity contribution < 1.29 is 19.1 Å². The number of benzene rings is 1. The van der Waals surface area contributed by atoms with Crippen LogP contribution in [-0.2, 0) is 14.3 Å². The quantitative estimate of drug-likeness (QED) is 0.408. The Kier molecular flexibility index (Phi) is 7.95. The summed E-state index contributed by atoms with van der Waals surface area (Å²) in [6.07, 6.45) is 2.74. The smallest absolute Gasteiger partial charge is 0.311 e. The predicted molar refractivity (Wildman–Crippen MR) is 79.5 cm³/mol. The molecular weight excluding hydrogens is 324 g/mol. The fourth-order valence-corrected chi connectivity index (χ4v) is 1.78. The minimum absolute atomic E-state index is 0.201. The summed E-state index contributed by atoms with van der Waals surface area (Å²) >= 11 is 3.31. The minimum atomic E-state index is -0.283. The van der Waals surface area contributed by atoms with Crippen LogP contribution in [-0.4, -0.2) is 18.5 Å². The van der Waals surface area contributed by atoms with Crippen LogP contribution < -0.4 is 4.74 Å². The van der Waals surface area contributed by atoms with Crippen molar-refractivity contribution in [2.75, 3.05) is 6.61 Å². The van der Waals surface area contributed by atoms with Gasteiger partial charge in [-0.2, -0.15) is 0 Å². The molecule has 0 aliphatic rings. The van der Waals surface area contributed by atoms with Gasteiger partial charge in [0.15, 0.2) is 0 Å². The molecule has 0 unspecified atom stereocenters. The number of hydrogen-bond donors (Lipinski definition) is 0. The van der Waals surface area contributed by atoms with Gasteiger partial charge >= 0.3 is 11.9 Å². The average molecular weight is 343 g/mol. The fraction of sp³-hybridized carbons (Fsp3) is 0.467. The lowest BCUT2D eigenvalue weighted by Gasteiger charge is -2.05. The van der Waals surface area contributed by atoms with Crippen LogP contribution in [0.1, 0.15) is 39.0 Å². The van der Waals surface area contributed by atoms with Crippen molar-refractivity contribution in [3.63, 3.8) is 0 Å². The number of hydrogen-bond acceptors (Lipinski definition) is 4. The van der Waals surface area contributed by atoms with Gasteiger partial charge in [0.2, 0.25) is 0 Å². The Morgan fingerprint density at radius 1 is 1.05 bits per heavy atom. The maximum absolute atomic E-state index is 11.6. The van der Waals surface area contributed by atoms with Gasteiger partial charge in [0, 0.05) is 17.3 Å². The first-order chi connectivity index (χ1) is 9.61. The zero-order chi connectivity index (χ0) is 14.8. The molecule has 0 N–H and O–H groups in total. The molecule has 20 heavy (non-hydrogen) atoms. The van der Waals surface area contributed by atoms with Gasteiger partial charge in [-0.15, -0.1) is 0 Å². The molecule has 110 valence electrons. The molecule has 1 aromatic rings. The molecule has 0 aliphatic carbocycles. The molecule has 0 fully saturated rings. The first-order valence-electron chi connectivity index (χ1n) is 6.73. The third-order valence-corrected chi connectivity index (χ3v) is 3.05. The van der Waals surface area contributed by atoms with Crippen LogP contribution in [0.4, 0.5) is 0 Å². The van der Waals surface area contributed by atoms with Crippen molar-refractivity contribution in [2.24, 2.45) is 0 Å². The molecular formula is C15H19BrO4. The van der Waals surface area contributed by atoms with Gasteiger partial charge < -0.3 is 9.47 Å². The van der Waals surface area contributed by atoms with Crippen molar-refractivity contribution in [1.82, 2.24) is 0 Å². The number of carbonyl (C=O) groups excluding carboxylic acids is 2. The third kappa shape index (κ3) is 7.28. The Morgan fingerprint density at radius 3 is 2.25 bits per heavy atom. The van der Waals surface area contributed by atoms with Crippen molar-refractivity contribution in [3.8, 4) is 5.75 Å². The number of halogens is 1. The van der Waals surface area contributed by atoms with Crippen LogP contribution in [0.5, 0.6) is 5.75 Å². The van der Waals surface area contributed by atoms with Crippen LogP contribution in [0.3, 0.4) is 0 Å². The zero-order valence-corrected chi connectivity index (χ0v) is 13.1. The van der Waals surface area contributed by atoms with E-state index in [4.69, 9.17) is 9.47 Å². The predicted octanol–water partition coefficient (Wildman–Crippen LogP) is 3.87. The molecule has 0 aromatic heterocycles. The van der Waals surface area contributed by atoms with Gasteiger partial charge in [-0.25, -0.2) is 0 Å². The summed E-state index contributed by atoms with van der Waals surface area (Å²) in [6.45, 7) is 2.41. The summed E-state index contributed by atoms with van der Waals surface area (Å²) in [4.78, 5) is 22.8. The van der Waals surface area contributed by atoms with Gasteiger partial charge in [0.05, 0.1) is 6.61 Å². The second kappa shape index (κ2) is 9.53. The summed E-state index contributed by atoms with van der Waals surface area (Å²) < 4.78 is 11.0. The second-order valence-electron chi connectivity index (χ2n) is 4.36. The first kappa shape index (κ1) is 16.7. The number of ether oxygens (including phenoxy) is 2. The maximum atomic E-state index is 11.6. The highest BCUT2D eigenvalue weighted by Crippen LogP contribution is 2.17. The highest BCUT2D eigenvalue weighted by Gasteiger charge is 2.07. The second-order valence-corrected chi connectivity index (χ2v) is 5.27. The van der Waals surface area contributed by atoms with Crippen LogP contribution in [0.2, 0.25) is 0 Å². The van der Waals surface area contributed by atoms with Gasteiger partial charge in [-0.1, -0.05) is 22.9 Å². The van der Waals surface area contributed by atoms with E-state index in [0.29, 0.717) is 38.0 Å². The van der Waals surface area contributed by atoms with Gasteiger partial charge in [-0.3, -0.25) is 9.59 Å². The third-order valence-electron chi connectivity index (χ3n) is 2.52. The van der Waals surface area contributed by atoms with Gasteiger partial charge in [0.25, 0.3) is 0 Å². The zero-order valence-electron chi connectivity index (χ0n) is 11.6. The van der Waals surface area contributed by atoms with E-state index in [-0.39, 0.29) is 11.9 Å². The lowest BCUT2D eigenvalue weighted by molar-refractivity contribution is -0.144. The normalized spacial score (nSPS) is 10.1. The van der Waals surface area contributed by atoms with Crippen molar-refractivity contribution in [2.45, 2.75) is 39.0 Å². The lowest BCUT2D eigenvalue weighted by Crippen LogP contribution is -2.09. The number of esters is 2. The van der Waals surface area contributed by atoms with E-state index in [1.807, 2.05) is 19.1 Å². The van der Waals surface area contributed by atoms with E-state index in [1.165, 1.54) is 0 Å². The highest BCUT2D eigenvalue weighted by molar-refractivity contribution is 9.10. The van der Waals surface area contributed by atoms with Crippen molar-refractivity contribution in [3.05, 3.63) is 28.7 Å². The number of unbranched alkanes of at least 4 members (excludes halogenated alkanes) is 1. The van der Waals surface area contributed by atoms with Crippen molar-refractivity contribution in [1.29, 1.82) is 0 Å². The van der Waals surface area contributed by atoms with Crippen LogP contribution in [0, 0.1) is 0 Å². The Morgan fingerprint density at radius 2 is 1.65 bits per heavy atom. The molecule has 0 spiro atoms. The molecule has 1 aromatic carbocycles. The largest absolute Gasteiger partial charge is 0.466 e. The van der Waals surface area contributed by atoms with E-state index in [9.17, 15) is 9.59 Å². The van der Waals surface area contributed by atoms with Gasteiger partial charge in [0.1, 0.15) is 5.75 Å². The summed E-state index contributed by atoms with van der Waals surface area (Å²) in [6, 6.07) is 7.08. The molecule has 0 saturated heterocycles. The van der Waals surface area contributed by atoms with Crippen LogP contribution in [0.15, 0.2) is 28.7 Å². The van der Waals surface area contributed by atoms with E-state index in [1.54, 1.807) is 12.1 Å². The molecule has 0 radical (unpaired) electrons. The Bertz CT molecular complexity index is 428. The lowest BCUT2D eigenvalue weighted by atomic mass is 10.2. The van der Waals surface area contributed by atoms with E-state index >= 15 is 0 Å². The Balaban J connectivity index is 2.14. The van der Waals surface area contributed by atoms with Crippen LogP contribution in [0.25, 0.3) is 0 Å². The minimum Gasteiger partial charge on any atom is -0.466 e. The first-order valence-corrected chi connectivity index (χ1v) is 7.53. The summed E-state index contributed by atoms with van der Waals surface area (Å²) in [7, 11) is 0. The molecule has 5 heteroatoms. The maximum Gasteiger partial charge on any atom is 0.311 e. The molecule has 0 aliphatic heterocycles. The fourth-order valence-electron chi connectivity index (χ4n) is 1.51. The van der Waals surface area contributed by atoms with E-state index in [2.05, 4.69) is 15.9 Å². The molecule has 1 rings (SSSR count). The Hall–Kier alpha value is -1.36. The molecule has 0 bridgehead atoms. The van der Waals surface area contributed by atoms with E-state index < -0.39 is 0 Å². The molecule has 4 nitrogen and oxygen atoms in total. The highest BCUT2D eigenvalue weighted by atomic mass is 79.9. The number of carbonyl (C=O) groups is 2. The van der Waals surface area contributed by atoms with E-state index in [0.717, 1.165) is 10.9 Å².